The molecule has 10 heteroatoms. The lowest BCUT2D eigenvalue weighted by Crippen LogP contribution is -2.57. The van der Waals surface area contributed by atoms with Crippen molar-refractivity contribution in [1.82, 2.24) is 20.4 Å². The first-order chi connectivity index (χ1) is 21.5. The van der Waals surface area contributed by atoms with Gasteiger partial charge < -0.3 is 25.2 Å². The summed E-state index contributed by atoms with van der Waals surface area (Å²) in [5, 5.41) is 5.92. The summed E-state index contributed by atoms with van der Waals surface area (Å²) in [4.78, 5) is 44.1. The fourth-order valence-corrected chi connectivity index (χ4v) is 6.12. The Morgan fingerprint density at radius 2 is 1.60 bits per heavy atom. The van der Waals surface area contributed by atoms with E-state index in [-0.39, 0.29) is 29.7 Å². The first-order valence-corrected chi connectivity index (χ1v) is 16.2. The van der Waals surface area contributed by atoms with Gasteiger partial charge in [-0.3, -0.25) is 14.4 Å². The van der Waals surface area contributed by atoms with E-state index in [0.29, 0.717) is 38.2 Å². The lowest BCUT2D eigenvalue weighted by atomic mass is 9.85. The van der Waals surface area contributed by atoms with Crippen LogP contribution < -0.4 is 10.6 Å². The summed E-state index contributed by atoms with van der Waals surface area (Å²) in [6.07, 6.45) is 4.81. The second kappa shape index (κ2) is 15.8. The van der Waals surface area contributed by atoms with Crippen molar-refractivity contribution in [2.75, 3.05) is 39.4 Å². The molecule has 2 unspecified atom stereocenters. The van der Waals surface area contributed by atoms with Gasteiger partial charge in [0.05, 0.1) is 18.2 Å². The molecule has 0 spiro atoms. The molecule has 246 valence electrons. The third kappa shape index (κ3) is 9.33. The van der Waals surface area contributed by atoms with E-state index < -0.39 is 35.2 Å². The topological polar surface area (TPSA) is 91.0 Å². The normalized spacial score (nSPS) is 18.5. The van der Waals surface area contributed by atoms with Crippen LogP contribution in [0.25, 0.3) is 11.1 Å². The van der Waals surface area contributed by atoms with Crippen molar-refractivity contribution in [2.45, 2.75) is 84.3 Å². The van der Waals surface area contributed by atoms with Crippen LogP contribution in [0.15, 0.2) is 42.5 Å². The Morgan fingerprint density at radius 3 is 2.24 bits per heavy atom. The maximum atomic E-state index is 14.2. The van der Waals surface area contributed by atoms with Crippen LogP contribution in [0.1, 0.15) is 77.8 Å². The van der Waals surface area contributed by atoms with Crippen molar-refractivity contribution < 1.29 is 27.9 Å². The predicted octanol–water partition coefficient (Wildman–Crippen LogP) is 5.22. The van der Waals surface area contributed by atoms with Gasteiger partial charge in [0.1, 0.15) is 23.7 Å². The number of likely N-dealkylation sites (tertiary alicyclic amines) is 2. The molecule has 2 aromatic rings. The summed E-state index contributed by atoms with van der Waals surface area (Å²) in [5.41, 5.74) is 0.499. The summed E-state index contributed by atoms with van der Waals surface area (Å²) in [7, 11) is 0. The summed E-state index contributed by atoms with van der Waals surface area (Å²) in [6.45, 7) is 12.2. The standard InChI is InChI=1S/C35H48F2N4O4/c1-24(25-13-15-26(16-14-25)31-27(36)10-7-11-28(31)37)38-33(43)29-12-8-21-41(29)34(44)32(35(2,3)4)39-30(42)17-23-45-22-9-20-40-18-5-6-19-40/h7,10-11,13-16,24,29,32H,5-6,8-9,12,17-23H2,1-4H3,(H,38,43)(H,39,42)/t24?,29?,32-/m1/s1. The van der Waals surface area contributed by atoms with Gasteiger partial charge in [0.15, 0.2) is 0 Å². The van der Waals surface area contributed by atoms with Gasteiger partial charge >= 0.3 is 0 Å². The molecule has 0 aromatic heterocycles. The number of ether oxygens (including phenoxy) is 1. The molecule has 0 saturated carbocycles. The number of hydrogen-bond acceptors (Lipinski definition) is 5. The highest BCUT2D eigenvalue weighted by molar-refractivity contribution is 5.93. The van der Waals surface area contributed by atoms with Crippen molar-refractivity contribution in [3.63, 3.8) is 0 Å². The number of hydrogen-bond donors (Lipinski definition) is 2. The van der Waals surface area contributed by atoms with E-state index in [2.05, 4.69) is 15.5 Å². The number of carbonyl (C=O) groups excluding carboxylic acids is 3. The van der Waals surface area contributed by atoms with Crippen molar-refractivity contribution >= 4 is 17.7 Å². The van der Waals surface area contributed by atoms with Crippen LogP contribution >= 0.6 is 0 Å². The number of rotatable bonds is 13. The zero-order valence-electron chi connectivity index (χ0n) is 27.0. The lowest BCUT2D eigenvalue weighted by Gasteiger charge is -2.35. The van der Waals surface area contributed by atoms with Gasteiger partial charge in [-0.1, -0.05) is 51.1 Å². The van der Waals surface area contributed by atoms with Crippen molar-refractivity contribution in [2.24, 2.45) is 5.41 Å². The van der Waals surface area contributed by atoms with Gasteiger partial charge in [-0.2, -0.15) is 0 Å². The van der Waals surface area contributed by atoms with Crippen LogP contribution in [0.5, 0.6) is 0 Å². The first kappa shape index (κ1) is 34.5. The van der Waals surface area contributed by atoms with Crippen LogP contribution in [0.2, 0.25) is 0 Å². The Morgan fingerprint density at radius 1 is 0.933 bits per heavy atom. The molecule has 2 N–H and O–H groups in total. The average molecular weight is 627 g/mol. The minimum Gasteiger partial charge on any atom is -0.381 e. The summed E-state index contributed by atoms with van der Waals surface area (Å²) in [5.74, 6) is -2.09. The van der Waals surface area contributed by atoms with Crippen molar-refractivity contribution in [3.8, 4) is 11.1 Å². The number of carbonyl (C=O) groups is 3. The second-order valence-electron chi connectivity index (χ2n) is 13.3. The maximum Gasteiger partial charge on any atom is 0.246 e. The smallest absolute Gasteiger partial charge is 0.246 e. The summed E-state index contributed by atoms with van der Waals surface area (Å²) < 4.78 is 34.1. The number of benzene rings is 2. The maximum absolute atomic E-state index is 14.2. The Bertz CT molecular complexity index is 1290. The molecule has 0 bridgehead atoms. The first-order valence-electron chi connectivity index (χ1n) is 16.2. The molecule has 2 aliphatic heterocycles. The molecule has 45 heavy (non-hydrogen) atoms. The van der Waals surface area contributed by atoms with Crippen LogP contribution in [0, 0.1) is 17.0 Å². The number of nitrogens with one attached hydrogen (secondary N) is 2. The molecule has 2 saturated heterocycles. The van der Waals surface area contributed by atoms with E-state index >= 15 is 0 Å². The van der Waals surface area contributed by atoms with Crippen LogP contribution in [0.3, 0.4) is 0 Å². The van der Waals surface area contributed by atoms with Gasteiger partial charge in [0.25, 0.3) is 0 Å². The highest BCUT2D eigenvalue weighted by Crippen LogP contribution is 2.29. The monoisotopic (exact) mass is 626 g/mol. The molecule has 2 fully saturated rings. The van der Waals surface area contributed by atoms with Gasteiger partial charge in [-0.25, -0.2) is 8.78 Å². The van der Waals surface area contributed by atoms with E-state index in [1.165, 1.54) is 31.0 Å². The Labute approximate surface area is 265 Å². The average Bonchev–Trinajstić information content (AvgIpc) is 3.70. The third-order valence-corrected chi connectivity index (χ3v) is 8.71. The summed E-state index contributed by atoms with van der Waals surface area (Å²) in [6, 6.07) is 8.61. The van der Waals surface area contributed by atoms with Gasteiger partial charge in [-0.05, 0) is 80.8 Å². The fourth-order valence-electron chi connectivity index (χ4n) is 6.12. The zero-order valence-corrected chi connectivity index (χ0v) is 27.0. The fraction of sp³-hybridized carbons (Fsp3) is 0.571. The second-order valence-corrected chi connectivity index (χ2v) is 13.3. The van der Waals surface area contributed by atoms with Crippen LogP contribution in [0.4, 0.5) is 8.78 Å². The molecular weight excluding hydrogens is 578 g/mol. The Hall–Kier alpha value is -3.37. The largest absolute Gasteiger partial charge is 0.381 e. The molecule has 2 aliphatic rings. The molecule has 8 nitrogen and oxygen atoms in total. The van der Waals surface area contributed by atoms with E-state index in [1.54, 1.807) is 29.2 Å². The number of halogens is 2. The third-order valence-electron chi connectivity index (χ3n) is 8.71. The molecule has 3 atom stereocenters. The molecule has 2 heterocycles. The van der Waals surface area contributed by atoms with Gasteiger partial charge in [0, 0.05) is 26.1 Å². The Kier molecular flexibility index (Phi) is 12.1. The highest BCUT2D eigenvalue weighted by atomic mass is 19.1. The highest BCUT2D eigenvalue weighted by Gasteiger charge is 2.42. The summed E-state index contributed by atoms with van der Waals surface area (Å²) >= 11 is 0. The number of nitrogens with zero attached hydrogens (tertiary/aromatic N) is 2. The van der Waals surface area contributed by atoms with Crippen molar-refractivity contribution in [1.29, 1.82) is 0 Å². The quantitative estimate of drug-likeness (QED) is 0.298. The molecule has 0 radical (unpaired) electrons. The molecule has 3 amide bonds. The van der Waals surface area contributed by atoms with Crippen molar-refractivity contribution in [3.05, 3.63) is 59.7 Å². The molecule has 4 rings (SSSR count). The van der Waals surface area contributed by atoms with E-state index in [9.17, 15) is 23.2 Å². The number of amides is 3. The molecule has 2 aromatic carbocycles. The van der Waals surface area contributed by atoms with Crippen LogP contribution in [-0.2, 0) is 19.1 Å². The minimum atomic E-state index is -0.794. The Balaban J connectivity index is 1.30. The SMILES string of the molecule is CC(NC(=O)C1CCCN1C(=O)[C@@H](NC(=O)CCOCCCN1CCCC1)C(C)(C)C)c1ccc(-c2c(F)cccc2F)cc1. The van der Waals surface area contributed by atoms with Gasteiger partial charge in [-0.15, -0.1) is 0 Å². The molecule has 0 aliphatic carbocycles. The minimum absolute atomic E-state index is 0.0956. The zero-order chi connectivity index (χ0) is 32.6. The van der Waals surface area contributed by atoms with E-state index in [4.69, 9.17) is 4.74 Å². The van der Waals surface area contributed by atoms with Crippen LogP contribution in [-0.4, -0.2) is 79.0 Å². The van der Waals surface area contributed by atoms with E-state index in [1.807, 2.05) is 27.7 Å². The predicted molar refractivity (Wildman–Crippen MR) is 170 cm³/mol. The molecular formula is C35H48F2N4O4. The van der Waals surface area contributed by atoms with E-state index in [0.717, 1.165) is 31.6 Å². The lowest BCUT2D eigenvalue weighted by molar-refractivity contribution is -0.144. The van der Waals surface area contributed by atoms with Gasteiger partial charge in [0.2, 0.25) is 17.7 Å².